The van der Waals surface area contributed by atoms with Crippen molar-refractivity contribution in [2.45, 2.75) is 43.9 Å². The summed E-state index contributed by atoms with van der Waals surface area (Å²) in [4.78, 5) is 11.1. The van der Waals surface area contributed by atoms with Crippen molar-refractivity contribution < 1.29 is 17.9 Å². The Kier molecular flexibility index (Phi) is 6.61. The molecule has 0 atom stereocenters. The van der Waals surface area contributed by atoms with Gasteiger partial charge in [0.15, 0.2) is 0 Å². The summed E-state index contributed by atoms with van der Waals surface area (Å²) in [6.45, 7) is 3.54. The molecule has 10 heteroatoms. The number of ether oxygens (including phenoxy) is 1. The van der Waals surface area contributed by atoms with Crippen molar-refractivity contribution in [3.63, 3.8) is 0 Å². The maximum absolute atomic E-state index is 13.1. The number of nitrogens with one attached hydrogen (secondary N) is 2. The predicted octanol–water partition coefficient (Wildman–Crippen LogP) is 3.57. The number of allylic oxidation sites excluding steroid dienone is 2. The van der Waals surface area contributed by atoms with E-state index in [2.05, 4.69) is 20.2 Å². The maximum atomic E-state index is 13.1. The van der Waals surface area contributed by atoms with E-state index in [0.717, 1.165) is 52.0 Å². The minimum atomic E-state index is -4.71. The second-order valence-corrected chi connectivity index (χ2v) is 8.22. The Balaban J connectivity index is 1.53. The Labute approximate surface area is 184 Å². The van der Waals surface area contributed by atoms with E-state index in [1.807, 2.05) is 0 Å². The molecule has 32 heavy (non-hydrogen) atoms. The molecule has 1 aromatic carbocycles. The number of hydrogen-bond donors (Lipinski definition) is 3. The third-order valence-corrected chi connectivity index (χ3v) is 6.29. The third kappa shape index (κ3) is 4.86. The lowest BCUT2D eigenvalue weighted by molar-refractivity contribution is -0.0918. The van der Waals surface area contributed by atoms with Gasteiger partial charge in [0.25, 0.3) is 0 Å². The number of rotatable bonds is 5. The molecule has 2 heterocycles. The molecule has 2 aliphatic rings. The van der Waals surface area contributed by atoms with Crippen LogP contribution in [0, 0.1) is 5.41 Å². The van der Waals surface area contributed by atoms with Crippen LogP contribution in [-0.2, 0) is 4.74 Å². The van der Waals surface area contributed by atoms with Crippen LogP contribution in [-0.4, -0.2) is 65.6 Å². The Morgan fingerprint density at radius 2 is 1.88 bits per heavy atom. The lowest BCUT2D eigenvalue weighted by Crippen LogP contribution is -2.46. The molecule has 2 fully saturated rings. The number of morpholine rings is 1. The first kappa shape index (κ1) is 22.5. The summed E-state index contributed by atoms with van der Waals surface area (Å²) in [6, 6.07) is 5.48. The summed E-state index contributed by atoms with van der Waals surface area (Å²) in [7, 11) is 0. The summed E-state index contributed by atoms with van der Waals surface area (Å²) in [5.74, 6) is 0.585. The second kappa shape index (κ2) is 9.41. The zero-order chi connectivity index (χ0) is 22.7. The number of alkyl halides is 3. The average Bonchev–Trinajstić information content (AvgIpc) is 2.80. The Bertz CT molecular complexity index is 995. The Morgan fingerprint density at radius 1 is 1.16 bits per heavy atom. The second-order valence-electron chi connectivity index (χ2n) is 8.22. The molecular weight excluding hydrogens is 421 g/mol. The van der Waals surface area contributed by atoms with Crippen molar-refractivity contribution in [1.29, 1.82) is 5.41 Å². The fourth-order valence-corrected chi connectivity index (χ4v) is 4.53. The predicted molar refractivity (Wildman–Crippen MR) is 118 cm³/mol. The van der Waals surface area contributed by atoms with Gasteiger partial charge in [-0.15, -0.1) is 0 Å². The summed E-state index contributed by atoms with van der Waals surface area (Å²) in [6.07, 6.45) is 1.49. The van der Waals surface area contributed by atoms with Gasteiger partial charge < -0.3 is 21.2 Å². The number of anilines is 1. The first-order chi connectivity index (χ1) is 15.4. The van der Waals surface area contributed by atoms with Crippen LogP contribution < -0.4 is 11.1 Å². The van der Waals surface area contributed by atoms with Gasteiger partial charge in [-0.05, 0) is 43.4 Å². The third-order valence-electron chi connectivity index (χ3n) is 6.29. The minimum absolute atomic E-state index is 0.205. The lowest BCUT2D eigenvalue weighted by Gasteiger charge is -2.39. The smallest absolute Gasteiger partial charge is 0.394 e. The summed E-state index contributed by atoms with van der Waals surface area (Å²) < 4.78 is 44.8. The van der Waals surface area contributed by atoms with Crippen molar-refractivity contribution in [3.05, 3.63) is 35.8 Å². The normalized spacial score (nSPS) is 23.6. The highest BCUT2D eigenvalue weighted by Gasteiger charge is 2.34. The molecule has 1 saturated carbocycles. The standard InChI is InChI=1S/C22H27F3N6O/c23-22(24,25)20(27)18(12-26)14-1-6-19-17(11-14)21(29-13-28-19)30-15-2-4-16(5-3-15)31-7-9-32-10-8-31/h1,6,11-13,15-16,26H,2-5,7-10,27H2,(H,28,29,30). The van der Waals surface area contributed by atoms with Gasteiger partial charge in [-0.25, -0.2) is 9.97 Å². The van der Waals surface area contributed by atoms with Gasteiger partial charge in [0.2, 0.25) is 0 Å². The molecule has 2 aromatic rings. The summed E-state index contributed by atoms with van der Waals surface area (Å²) in [5, 5.41) is 11.5. The first-order valence-corrected chi connectivity index (χ1v) is 10.8. The van der Waals surface area contributed by atoms with Crippen LogP contribution in [0.5, 0.6) is 0 Å². The van der Waals surface area contributed by atoms with Crippen LogP contribution in [0.1, 0.15) is 31.2 Å². The van der Waals surface area contributed by atoms with Gasteiger partial charge in [-0.3, -0.25) is 4.90 Å². The highest BCUT2D eigenvalue weighted by atomic mass is 19.4. The van der Waals surface area contributed by atoms with Gasteiger partial charge in [0, 0.05) is 42.3 Å². The highest BCUT2D eigenvalue weighted by molar-refractivity contribution is 6.11. The van der Waals surface area contributed by atoms with Crippen molar-refractivity contribution in [2.75, 3.05) is 31.6 Å². The SMILES string of the molecule is N=CC(=C(N)C(F)(F)F)c1ccc2ncnc(NC3CCC(N4CCOCC4)CC3)c2c1. The van der Waals surface area contributed by atoms with E-state index in [0.29, 0.717) is 29.0 Å². The number of halogens is 3. The molecule has 7 nitrogen and oxygen atoms in total. The van der Waals surface area contributed by atoms with Crippen molar-refractivity contribution in [2.24, 2.45) is 5.73 Å². The molecule has 0 bridgehead atoms. The van der Waals surface area contributed by atoms with Crippen LogP contribution >= 0.6 is 0 Å². The molecule has 1 aromatic heterocycles. The summed E-state index contributed by atoms with van der Waals surface area (Å²) >= 11 is 0. The van der Waals surface area contributed by atoms with Crippen LogP contribution in [0.3, 0.4) is 0 Å². The number of fused-ring (bicyclic) bond motifs is 1. The zero-order valence-corrected chi connectivity index (χ0v) is 17.7. The van der Waals surface area contributed by atoms with Crippen LogP contribution in [0.4, 0.5) is 19.0 Å². The van der Waals surface area contributed by atoms with Gasteiger partial charge in [-0.1, -0.05) is 6.07 Å². The molecule has 4 rings (SSSR count). The van der Waals surface area contributed by atoms with E-state index in [1.165, 1.54) is 12.4 Å². The Hall–Kier alpha value is -2.72. The van der Waals surface area contributed by atoms with Gasteiger partial charge in [-0.2, -0.15) is 13.2 Å². The lowest BCUT2D eigenvalue weighted by atomic mass is 9.90. The molecule has 0 amide bonds. The zero-order valence-electron chi connectivity index (χ0n) is 17.7. The average molecular weight is 448 g/mol. The number of nitrogens with two attached hydrogens (primary N) is 1. The highest BCUT2D eigenvalue weighted by Crippen LogP contribution is 2.32. The van der Waals surface area contributed by atoms with Crippen LogP contribution in [0.25, 0.3) is 16.5 Å². The van der Waals surface area contributed by atoms with Crippen molar-refractivity contribution in [3.8, 4) is 0 Å². The van der Waals surface area contributed by atoms with Gasteiger partial charge in [0.1, 0.15) is 17.8 Å². The van der Waals surface area contributed by atoms with E-state index in [1.54, 1.807) is 12.1 Å². The van der Waals surface area contributed by atoms with E-state index in [4.69, 9.17) is 15.9 Å². The molecule has 0 radical (unpaired) electrons. The molecule has 4 N–H and O–H groups in total. The van der Waals surface area contributed by atoms with E-state index in [-0.39, 0.29) is 17.2 Å². The number of nitrogens with zero attached hydrogens (tertiary/aromatic N) is 3. The largest absolute Gasteiger partial charge is 0.431 e. The molecular formula is C22H27F3N6O. The van der Waals surface area contributed by atoms with Crippen molar-refractivity contribution >= 4 is 28.5 Å². The van der Waals surface area contributed by atoms with Gasteiger partial charge in [0.05, 0.1) is 18.7 Å². The number of aromatic nitrogens is 2. The molecule has 172 valence electrons. The van der Waals surface area contributed by atoms with Crippen LogP contribution in [0.2, 0.25) is 0 Å². The van der Waals surface area contributed by atoms with E-state index < -0.39 is 11.9 Å². The number of benzene rings is 1. The van der Waals surface area contributed by atoms with Gasteiger partial charge >= 0.3 is 6.18 Å². The van der Waals surface area contributed by atoms with Crippen molar-refractivity contribution in [1.82, 2.24) is 14.9 Å². The molecule has 0 spiro atoms. The topological polar surface area (TPSA) is 100 Å². The Morgan fingerprint density at radius 3 is 2.53 bits per heavy atom. The molecule has 1 aliphatic carbocycles. The summed E-state index contributed by atoms with van der Waals surface area (Å²) in [5.41, 5.74) is 4.44. The monoisotopic (exact) mass is 448 g/mol. The minimum Gasteiger partial charge on any atom is -0.394 e. The van der Waals surface area contributed by atoms with E-state index in [9.17, 15) is 13.2 Å². The quantitative estimate of drug-likeness (QED) is 0.605. The molecule has 0 unspecified atom stereocenters. The maximum Gasteiger partial charge on any atom is 0.431 e. The number of hydrogen-bond acceptors (Lipinski definition) is 7. The van der Waals surface area contributed by atoms with Crippen LogP contribution in [0.15, 0.2) is 30.2 Å². The molecule has 1 aliphatic heterocycles. The molecule has 1 saturated heterocycles. The fraction of sp³-hybridized carbons (Fsp3) is 0.500. The fourth-order valence-electron chi connectivity index (χ4n) is 4.53. The first-order valence-electron chi connectivity index (χ1n) is 10.8. The van der Waals surface area contributed by atoms with E-state index >= 15 is 0 Å².